The lowest BCUT2D eigenvalue weighted by Gasteiger charge is -2.13. The van der Waals surface area contributed by atoms with Gasteiger partial charge in [0.05, 0.1) is 16.3 Å². The normalized spacial score (nSPS) is 11.4. The van der Waals surface area contributed by atoms with Crippen molar-refractivity contribution in [2.75, 3.05) is 17.6 Å². The van der Waals surface area contributed by atoms with E-state index in [4.69, 9.17) is 22.4 Å². The number of nitrogen functional groups attached to an aromatic ring is 1. The Balaban J connectivity index is 2.75. The Labute approximate surface area is 112 Å². The average Bonchev–Trinajstić information content (AvgIpc) is 2.24. The average molecular weight is 297 g/mol. The van der Waals surface area contributed by atoms with Crippen molar-refractivity contribution in [3.63, 3.8) is 0 Å². The summed E-state index contributed by atoms with van der Waals surface area (Å²) >= 11 is 5.82. The third kappa shape index (κ3) is 4.86. The van der Waals surface area contributed by atoms with Gasteiger partial charge in [-0.3, -0.25) is 0 Å². The predicted molar refractivity (Wildman–Crippen MR) is 66.6 cm³/mol. The van der Waals surface area contributed by atoms with Gasteiger partial charge in [-0.05, 0) is 18.6 Å². The smallest absolute Gasteiger partial charge is 0.389 e. The first-order valence-electron chi connectivity index (χ1n) is 5.33. The molecule has 0 heterocycles. The lowest BCUT2D eigenvalue weighted by atomic mass is 10.1. The summed E-state index contributed by atoms with van der Waals surface area (Å²) in [6.45, 7) is -0.0383. The minimum Gasteiger partial charge on any atom is -0.478 e. The number of benzene rings is 1. The molecule has 8 heteroatoms. The minimum atomic E-state index is -4.23. The number of hydrogen-bond donors (Lipinski definition) is 3. The molecule has 106 valence electrons. The summed E-state index contributed by atoms with van der Waals surface area (Å²) < 4.78 is 35.9. The first-order chi connectivity index (χ1) is 8.70. The highest BCUT2D eigenvalue weighted by Crippen LogP contribution is 2.29. The van der Waals surface area contributed by atoms with Crippen LogP contribution >= 0.6 is 11.6 Å². The number of nitrogens with one attached hydrogen (secondary N) is 1. The number of alkyl halides is 3. The van der Waals surface area contributed by atoms with Crippen LogP contribution in [0.4, 0.5) is 24.5 Å². The summed E-state index contributed by atoms with van der Waals surface area (Å²) in [7, 11) is 0. The molecule has 0 unspecified atom stereocenters. The molecule has 4 N–H and O–H groups in total. The van der Waals surface area contributed by atoms with E-state index in [1.807, 2.05) is 0 Å². The lowest BCUT2D eigenvalue weighted by Crippen LogP contribution is -2.13. The first kappa shape index (κ1) is 15.4. The molecule has 1 rings (SSSR count). The van der Waals surface area contributed by atoms with Crippen LogP contribution in [-0.4, -0.2) is 23.8 Å². The van der Waals surface area contributed by atoms with Crippen LogP contribution < -0.4 is 11.1 Å². The molecule has 19 heavy (non-hydrogen) atoms. The topological polar surface area (TPSA) is 75.3 Å². The molecular formula is C11H12ClF3N2O2. The second-order valence-corrected chi connectivity index (χ2v) is 4.28. The molecule has 0 bridgehead atoms. The van der Waals surface area contributed by atoms with Gasteiger partial charge < -0.3 is 16.2 Å². The van der Waals surface area contributed by atoms with Crippen LogP contribution in [0.3, 0.4) is 0 Å². The molecule has 0 atom stereocenters. The van der Waals surface area contributed by atoms with E-state index in [2.05, 4.69) is 5.32 Å². The monoisotopic (exact) mass is 296 g/mol. The number of anilines is 2. The Morgan fingerprint density at radius 1 is 1.42 bits per heavy atom. The van der Waals surface area contributed by atoms with Gasteiger partial charge in [-0.25, -0.2) is 4.79 Å². The van der Waals surface area contributed by atoms with E-state index in [0.29, 0.717) is 0 Å². The molecule has 0 saturated carbocycles. The molecular weight excluding hydrogens is 285 g/mol. The zero-order valence-electron chi connectivity index (χ0n) is 9.72. The Kier molecular flexibility index (Phi) is 4.88. The van der Waals surface area contributed by atoms with E-state index in [0.717, 1.165) is 0 Å². The molecule has 0 aliphatic rings. The van der Waals surface area contributed by atoms with E-state index in [1.165, 1.54) is 12.1 Å². The Hall–Kier alpha value is -1.63. The number of carboxylic acid groups (broad SMARTS) is 1. The predicted octanol–water partition coefficient (Wildman–Crippen LogP) is 3.37. The number of carbonyl (C=O) groups is 1. The number of halogens is 4. The fraction of sp³-hybridized carbons (Fsp3) is 0.364. The van der Waals surface area contributed by atoms with Gasteiger partial charge in [0, 0.05) is 18.7 Å². The van der Waals surface area contributed by atoms with Crippen molar-refractivity contribution in [2.45, 2.75) is 19.0 Å². The van der Waals surface area contributed by atoms with Crippen LogP contribution in [0.1, 0.15) is 23.2 Å². The minimum absolute atomic E-state index is 0.0383. The van der Waals surface area contributed by atoms with Gasteiger partial charge >= 0.3 is 12.1 Å². The third-order valence-electron chi connectivity index (χ3n) is 2.28. The number of nitrogens with two attached hydrogens (primary N) is 1. The molecule has 0 fully saturated rings. The summed E-state index contributed by atoms with van der Waals surface area (Å²) in [6.07, 6.45) is -5.36. The van der Waals surface area contributed by atoms with Gasteiger partial charge in [-0.2, -0.15) is 13.2 Å². The standard InChI is InChI=1S/C11H12ClF3N2O2/c12-8-5-6(16)4-7(10(18)19)9(8)17-3-1-2-11(13,14)15/h4-5,17H,1-3,16H2,(H,18,19). The van der Waals surface area contributed by atoms with Gasteiger partial charge in [-0.1, -0.05) is 11.6 Å². The van der Waals surface area contributed by atoms with E-state index in [-0.39, 0.29) is 34.9 Å². The van der Waals surface area contributed by atoms with E-state index in [1.54, 1.807) is 0 Å². The highest BCUT2D eigenvalue weighted by atomic mass is 35.5. The van der Waals surface area contributed by atoms with Crippen molar-refractivity contribution in [3.05, 3.63) is 22.7 Å². The van der Waals surface area contributed by atoms with Crippen molar-refractivity contribution < 1.29 is 23.1 Å². The van der Waals surface area contributed by atoms with Crippen LogP contribution in [0.15, 0.2) is 12.1 Å². The molecule has 0 aromatic heterocycles. The van der Waals surface area contributed by atoms with E-state index in [9.17, 15) is 18.0 Å². The fourth-order valence-electron chi connectivity index (χ4n) is 1.48. The van der Waals surface area contributed by atoms with Gasteiger partial charge in [0.2, 0.25) is 0 Å². The van der Waals surface area contributed by atoms with Gasteiger partial charge in [0.1, 0.15) is 0 Å². The summed E-state index contributed by atoms with van der Waals surface area (Å²) in [4.78, 5) is 11.0. The zero-order chi connectivity index (χ0) is 14.6. The summed E-state index contributed by atoms with van der Waals surface area (Å²) in [5, 5.41) is 11.6. The van der Waals surface area contributed by atoms with E-state index >= 15 is 0 Å². The number of hydrogen-bond acceptors (Lipinski definition) is 3. The molecule has 0 amide bonds. The van der Waals surface area contributed by atoms with E-state index < -0.39 is 18.6 Å². The molecule has 1 aromatic carbocycles. The second-order valence-electron chi connectivity index (χ2n) is 3.88. The maximum Gasteiger partial charge on any atom is 0.389 e. The van der Waals surface area contributed by atoms with Crippen molar-refractivity contribution >= 4 is 28.9 Å². The number of aromatic carboxylic acids is 1. The SMILES string of the molecule is Nc1cc(Cl)c(NCCCC(F)(F)F)c(C(=O)O)c1. The third-order valence-corrected chi connectivity index (χ3v) is 2.58. The first-order valence-corrected chi connectivity index (χ1v) is 5.71. The number of carboxylic acids is 1. The van der Waals surface area contributed by atoms with Gasteiger partial charge in [0.15, 0.2) is 0 Å². The van der Waals surface area contributed by atoms with Crippen LogP contribution in [0.2, 0.25) is 5.02 Å². The van der Waals surface area contributed by atoms with Crippen LogP contribution in [0, 0.1) is 0 Å². The fourth-order valence-corrected chi connectivity index (χ4v) is 1.77. The molecule has 0 aliphatic heterocycles. The largest absolute Gasteiger partial charge is 0.478 e. The quantitative estimate of drug-likeness (QED) is 0.575. The van der Waals surface area contributed by atoms with Gasteiger partial charge in [-0.15, -0.1) is 0 Å². The summed E-state index contributed by atoms with van der Waals surface area (Å²) in [5.74, 6) is -1.26. The number of rotatable bonds is 5. The molecule has 4 nitrogen and oxygen atoms in total. The zero-order valence-corrected chi connectivity index (χ0v) is 10.5. The van der Waals surface area contributed by atoms with Crippen LogP contribution in [-0.2, 0) is 0 Å². The van der Waals surface area contributed by atoms with Crippen LogP contribution in [0.25, 0.3) is 0 Å². The van der Waals surface area contributed by atoms with Crippen molar-refractivity contribution in [1.82, 2.24) is 0 Å². The van der Waals surface area contributed by atoms with Crippen LogP contribution in [0.5, 0.6) is 0 Å². The maximum atomic E-state index is 12.0. The molecule has 1 aromatic rings. The van der Waals surface area contributed by atoms with Crippen molar-refractivity contribution in [1.29, 1.82) is 0 Å². The van der Waals surface area contributed by atoms with Crippen molar-refractivity contribution in [3.8, 4) is 0 Å². The molecule has 0 radical (unpaired) electrons. The Morgan fingerprint density at radius 2 is 2.05 bits per heavy atom. The maximum absolute atomic E-state index is 12.0. The Bertz CT molecular complexity index is 478. The van der Waals surface area contributed by atoms with Crippen molar-refractivity contribution in [2.24, 2.45) is 0 Å². The van der Waals surface area contributed by atoms with Gasteiger partial charge in [0.25, 0.3) is 0 Å². The lowest BCUT2D eigenvalue weighted by molar-refractivity contribution is -0.134. The molecule has 0 aliphatic carbocycles. The highest BCUT2D eigenvalue weighted by Gasteiger charge is 2.26. The molecule has 0 spiro atoms. The summed E-state index contributed by atoms with van der Waals surface area (Å²) in [6, 6.07) is 2.53. The second kappa shape index (κ2) is 6.01. The Morgan fingerprint density at radius 3 is 2.58 bits per heavy atom. The highest BCUT2D eigenvalue weighted by molar-refractivity contribution is 6.34. The summed E-state index contributed by atoms with van der Waals surface area (Å²) in [5.41, 5.74) is 5.53. The molecule has 0 saturated heterocycles.